The van der Waals surface area contributed by atoms with E-state index in [-0.39, 0.29) is 11.2 Å². The Morgan fingerprint density at radius 2 is 2.25 bits per heavy atom. The average Bonchev–Trinajstić information content (AvgIpc) is 2.07. The van der Waals surface area contributed by atoms with E-state index in [1.54, 1.807) is 18.2 Å². The van der Waals surface area contributed by atoms with Crippen molar-refractivity contribution in [1.82, 2.24) is 0 Å². The lowest BCUT2D eigenvalue weighted by Gasteiger charge is -2.12. The van der Waals surface area contributed by atoms with Gasteiger partial charge in [0.05, 0.1) is 11.1 Å². The monoisotopic (exact) mass is 179 g/mol. The second kappa shape index (κ2) is 2.72. The summed E-state index contributed by atoms with van der Waals surface area (Å²) in [5.41, 5.74) is 1.32. The van der Waals surface area contributed by atoms with Crippen LogP contribution in [-0.4, -0.2) is 16.9 Å². The molecule has 12 heavy (non-hydrogen) atoms. The van der Waals surface area contributed by atoms with Crippen molar-refractivity contribution in [3.05, 3.63) is 36.1 Å². The second-order valence-corrected chi connectivity index (χ2v) is 3.08. The van der Waals surface area contributed by atoms with Gasteiger partial charge in [0.15, 0.2) is 5.78 Å². The zero-order valence-electron chi connectivity index (χ0n) is 6.20. The molecule has 0 saturated carbocycles. The molecule has 0 aromatic carbocycles. The maximum absolute atomic E-state index is 11.2. The van der Waals surface area contributed by atoms with Crippen LogP contribution in [0.15, 0.2) is 41.1 Å². The van der Waals surface area contributed by atoms with Gasteiger partial charge in [0.25, 0.3) is 0 Å². The Hall–Kier alpha value is -1.15. The van der Waals surface area contributed by atoms with Gasteiger partial charge < -0.3 is 0 Å². The van der Waals surface area contributed by atoms with Gasteiger partial charge >= 0.3 is 0 Å². The number of hydrogen-bond donors (Lipinski definition) is 0. The van der Waals surface area contributed by atoms with E-state index in [4.69, 9.17) is 11.6 Å². The number of aliphatic imine (C=N–C) groups is 1. The summed E-state index contributed by atoms with van der Waals surface area (Å²) in [7, 11) is 0. The summed E-state index contributed by atoms with van der Waals surface area (Å²) < 4.78 is 0. The molecule has 0 aromatic rings. The third-order valence-corrected chi connectivity index (χ3v) is 2.02. The van der Waals surface area contributed by atoms with Gasteiger partial charge in [0.1, 0.15) is 0 Å². The summed E-state index contributed by atoms with van der Waals surface area (Å²) in [6, 6.07) is 0. The number of allylic oxidation sites excluding steroid dienone is 5. The molecule has 0 N–H and O–H groups in total. The third kappa shape index (κ3) is 1.14. The van der Waals surface area contributed by atoms with Gasteiger partial charge in [-0.3, -0.25) is 9.79 Å². The first-order valence-electron chi connectivity index (χ1n) is 3.60. The van der Waals surface area contributed by atoms with Crippen LogP contribution in [0.4, 0.5) is 0 Å². The van der Waals surface area contributed by atoms with Crippen molar-refractivity contribution in [2.75, 3.05) is 0 Å². The molecule has 1 heterocycles. The quantitative estimate of drug-likeness (QED) is 0.520. The van der Waals surface area contributed by atoms with Gasteiger partial charge in [0.2, 0.25) is 0 Å². The van der Waals surface area contributed by atoms with Crippen LogP contribution in [-0.2, 0) is 4.79 Å². The average molecular weight is 180 g/mol. The molecule has 1 atom stereocenters. The summed E-state index contributed by atoms with van der Waals surface area (Å²) in [6.45, 7) is 0. The standard InChI is InChI=1S/C9H6ClNO/c10-6-1-2-8-7(5-6)9(12)3-4-11-8/h1-6H. The van der Waals surface area contributed by atoms with Crippen LogP contribution in [0.2, 0.25) is 0 Å². The van der Waals surface area contributed by atoms with Crippen LogP contribution in [0, 0.1) is 0 Å². The molecule has 0 aromatic heterocycles. The van der Waals surface area contributed by atoms with E-state index in [0.29, 0.717) is 11.3 Å². The zero-order valence-corrected chi connectivity index (χ0v) is 6.95. The van der Waals surface area contributed by atoms with Gasteiger partial charge in [-0.25, -0.2) is 0 Å². The molecule has 2 rings (SSSR count). The molecule has 3 heteroatoms. The topological polar surface area (TPSA) is 29.4 Å². The Labute approximate surface area is 74.9 Å². The lowest BCUT2D eigenvalue weighted by molar-refractivity contribution is -0.110. The maximum atomic E-state index is 11.2. The van der Waals surface area contributed by atoms with Crippen molar-refractivity contribution >= 4 is 23.1 Å². The molecule has 0 saturated heterocycles. The van der Waals surface area contributed by atoms with Crippen molar-refractivity contribution in [3.63, 3.8) is 0 Å². The van der Waals surface area contributed by atoms with Crippen LogP contribution in [0.1, 0.15) is 0 Å². The predicted molar refractivity (Wildman–Crippen MR) is 48.4 cm³/mol. The molecular formula is C9H6ClNO. The smallest absolute Gasteiger partial charge is 0.189 e. The maximum Gasteiger partial charge on any atom is 0.189 e. The number of fused-ring (bicyclic) bond motifs is 1. The zero-order chi connectivity index (χ0) is 8.55. The minimum absolute atomic E-state index is 0.0185. The molecule has 0 amide bonds. The van der Waals surface area contributed by atoms with Gasteiger partial charge in [-0.05, 0) is 12.2 Å². The van der Waals surface area contributed by atoms with E-state index < -0.39 is 0 Å². The molecular weight excluding hydrogens is 174 g/mol. The summed E-state index contributed by atoms with van der Waals surface area (Å²) in [6.07, 6.45) is 8.24. The summed E-state index contributed by atoms with van der Waals surface area (Å²) in [4.78, 5) is 15.3. The molecule has 0 fully saturated rings. The molecule has 1 aliphatic heterocycles. The van der Waals surface area contributed by atoms with E-state index >= 15 is 0 Å². The minimum Gasteiger partial charge on any atom is -0.289 e. The van der Waals surface area contributed by atoms with Crippen LogP contribution in [0.25, 0.3) is 0 Å². The molecule has 1 aliphatic carbocycles. The highest BCUT2D eigenvalue weighted by molar-refractivity contribution is 6.34. The Kier molecular flexibility index (Phi) is 1.70. The first-order chi connectivity index (χ1) is 5.77. The minimum atomic E-state index is -0.186. The number of hydrogen-bond acceptors (Lipinski definition) is 2. The van der Waals surface area contributed by atoms with E-state index in [2.05, 4.69) is 4.99 Å². The van der Waals surface area contributed by atoms with Crippen LogP contribution < -0.4 is 0 Å². The van der Waals surface area contributed by atoms with Gasteiger partial charge in [-0.2, -0.15) is 0 Å². The van der Waals surface area contributed by atoms with Crippen LogP contribution in [0.5, 0.6) is 0 Å². The Balaban J connectivity index is 2.46. The molecule has 1 unspecified atom stereocenters. The highest BCUT2D eigenvalue weighted by Crippen LogP contribution is 2.17. The Bertz CT molecular complexity index is 350. The van der Waals surface area contributed by atoms with Crippen LogP contribution >= 0.6 is 11.6 Å². The number of nitrogens with zero attached hydrogens (tertiary/aromatic N) is 1. The SMILES string of the molecule is O=C1C=CN=C2C=CC(Cl)C=C12. The van der Waals surface area contributed by atoms with E-state index in [0.717, 1.165) is 0 Å². The highest BCUT2D eigenvalue weighted by Gasteiger charge is 2.18. The number of halogens is 1. The number of carbonyl (C=O) groups is 1. The molecule has 2 aliphatic rings. The predicted octanol–water partition coefficient (Wildman–Crippen LogP) is 1.63. The summed E-state index contributed by atoms with van der Waals surface area (Å²) in [5, 5.41) is -0.186. The van der Waals surface area contributed by atoms with Gasteiger partial charge in [-0.1, -0.05) is 6.08 Å². The third-order valence-electron chi connectivity index (χ3n) is 1.74. The van der Waals surface area contributed by atoms with Gasteiger partial charge in [0, 0.05) is 17.8 Å². The van der Waals surface area contributed by atoms with E-state index in [1.165, 1.54) is 12.3 Å². The molecule has 2 nitrogen and oxygen atoms in total. The molecule has 0 spiro atoms. The fourth-order valence-corrected chi connectivity index (χ4v) is 1.37. The number of ketones is 1. The fourth-order valence-electron chi connectivity index (χ4n) is 1.17. The fraction of sp³-hybridized carbons (Fsp3) is 0.111. The van der Waals surface area contributed by atoms with Gasteiger partial charge in [-0.15, -0.1) is 11.6 Å². The van der Waals surface area contributed by atoms with Crippen molar-refractivity contribution in [3.8, 4) is 0 Å². The lowest BCUT2D eigenvalue weighted by Crippen LogP contribution is -2.16. The Morgan fingerprint density at radius 1 is 1.42 bits per heavy atom. The van der Waals surface area contributed by atoms with Crippen LogP contribution in [0.3, 0.4) is 0 Å². The number of carbonyl (C=O) groups excluding carboxylic acids is 1. The van der Waals surface area contributed by atoms with E-state index in [1.807, 2.05) is 0 Å². The normalized spacial score (nSPS) is 26.4. The van der Waals surface area contributed by atoms with E-state index in [9.17, 15) is 4.79 Å². The molecule has 0 radical (unpaired) electrons. The first kappa shape index (κ1) is 7.50. The number of rotatable bonds is 0. The van der Waals surface area contributed by atoms with Crippen molar-refractivity contribution in [1.29, 1.82) is 0 Å². The lowest BCUT2D eigenvalue weighted by atomic mass is 9.98. The van der Waals surface area contributed by atoms with Crippen molar-refractivity contribution in [2.24, 2.45) is 4.99 Å². The molecule has 0 bridgehead atoms. The summed E-state index contributed by atoms with van der Waals surface area (Å²) >= 11 is 5.81. The summed E-state index contributed by atoms with van der Waals surface area (Å²) in [5.74, 6) is -0.0185. The number of alkyl halides is 1. The largest absolute Gasteiger partial charge is 0.289 e. The first-order valence-corrected chi connectivity index (χ1v) is 4.04. The second-order valence-electron chi connectivity index (χ2n) is 2.58. The highest BCUT2D eigenvalue weighted by atomic mass is 35.5. The van der Waals surface area contributed by atoms with Crippen molar-refractivity contribution < 1.29 is 4.79 Å². The Morgan fingerprint density at radius 3 is 3.08 bits per heavy atom. The van der Waals surface area contributed by atoms with Crippen molar-refractivity contribution in [2.45, 2.75) is 5.38 Å². The molecule has 60 valence electrons.